The Hall–Kier alpha value is -1.13. The van der Waals surface area contributed by atoms with E-state index in [0.29, 0.717) is 6.04 Å². The van der Waals surface area contributed by atoms with Crippen LogP contribution in [-0.2, 0) is 6.54 Å². The Morgan fingerprint density at radius 2 is 2.05 bits per heavy atom. The Kier molecular flexibility index (Phi) is 4.42. The Morgan fingerprint density at radius 3 is 2.58 bits per heavy atom. The maximum atomic E-state index is 4.34. The zero-order valence-electron chi connectivity index (χ0n) is 11.9. The zero-order valence-corrected chi connectivity index (χ0v) is 13.5. The van der Waals surface area contributed by atoms with Gasteiger partial charge in [0, 0.05) is 28.4 Å². The van der Waals surface area contributed by atoms with Crippen molar-refractivity contribution in [1.82, 2.24) is 14.9 Å². The van der Waals surface area contributed by atoms with Gasteiger partial charge in [-0.25, -0.2) is 4.98 Å². The van der Waals surface area contributed by atoms with Crippen LogP contribution >= 0.6 is 15.9 Å². The van der Waals surface area contributed by atoms with E-state index in [9.17, 15) is 0 Å². The van der Waals surface area contributed by atoms with Crippen LogP contribution in [0.1, 0.15) is 30.8 Å². The first-order chi connectivity index (χ1) is 8.99. The van der Waals surface area contributed by atoms with Gasteiger partial charge in [0.25, 0.3) is 0 Å². The quantitative estimate of drug-likeness (QED) is 0.929. The standard InChI is InChI=1S/C15H20BrN3/c1-10(2)17-8-13-5-6-14(7-15(13)16)19-9-18-11(3)12(19)4/h5-7,9-10,17H,8H2,1-4H3. The summed E-state index contributed by atoms with van der Waals surface area (Å²) in [5.74, 6) is 0. The largest absolute Gasteiger partial charge is 0.310 e. The predicted octanol–water partition coefficient (Wildman–Crippen LogP) is 3.75. The summed E-state index contributed by atoms with van der Waals surface area (Å²) < 4.78 is 3.24. The third-order valence-corrected chi connectivity index (χ3v) is 4.01. The molecule has 1 heterocycles. The van der Waals surface area contributed by atoms with Crippen LogP contribution in [0.4, 0.5) is 0 Å². The maximum absolute atomic E-state index is 4.34. The molecule has 2 rings (SSSR count). The maximum Gasteiger partial charge on any atom is 0.0997 e. The van der Waals surface area contributed by atoms with Gasteiger partial charge < -0.3 is 9.88 Å². The number of hydrogen-bond donors (Lipinski definition) is 1. The molecule has 0 amide bonds. The fourth-order valence-electron chi connectivity index (χ4n) is 1.90. The molecule has 4 heteroatoms. The molecule has 2 aromatic rings. The van der Waals surface area contributed by atoms with Crippen LogP contribution < -0.4 is 5.32 Å². The molecule has 3 nitrogen and oxygen atoms in total. The molecule has 102 valence electrons. The van der Waals surface area contributed by atoms with Crippen LogP contribution in [0.5, 0.6) is 0 Å². The van der Waals surface area contributed by atoms with Crippen molar-refractivity contribution in [3.8, 4) is 5.69 Å². The van der Waals surface area contributed by atoms with Gasteiger partial charge in [-0.05, 0) is 31.5 Å². The van der Waals surface area contributed by atoms with Gasteiger partial charge in [-0.3, -0.25) is 0 Å². The molecular formula is C15H20BrN3. The van der Waals surface area contributed by atoms with E-state index >= 15 is 0 Å². The minimum absolute atomic E-state index is 0.491. The first-order valence-corrected chi connectivity index (χ1v) is 7.31. The Balaban J connectivity index is 2.26. The molecule has 0 radical (unpaired) electrons. The number of hydrogen-bond acceptors (Lipinski definition) is 2. The van der Waals surface area contributed by atoms with Crippen LogP contribution in [0.25, 0.3) is 5.69 Å². The molecule has 0 fully saturated rings. The highest BCUT2D eigenvalue weighted by Gasteiger charge is 2.07. The molecule has 0 unspecified atom stereocenters. The second-order valence-electron chi connectivity index (χ2n) is 5.10. The molecule has 0 saturated carbocycles. The van der Waals surface area contributed by atoms with E-state index in [-0.39, 0.29) is 0 Å². The zero-order chi connectivity index (χ0) is 14.0. The molecule has 0 aliphatic carbocycles. The molecule has 0 atom stereocenters. The summed E-state index contributed by atoms with van der Waals surface area (Å²) in [6.07, 6.45) is 1.87. The molecule has 0 spiro atoms. The number of nitrogens with one attached hydrogen (secondary N) is 1. The number of nitrogens with zero attached hydrogens (tertiary/aromatic N) is 2. The average Bonchev–Trinajstić information content (AvgIpc) is 2.68. The monoisotopic (exact) mass is 321 g/mol. The summed E-state index contributed by atoms with van der Waals surface area (Å²) in [4.78, 5) is 4.34. The first kappa shape index (κ1) is 14.3. The van der Waals surface area contributed by atoms with Crippen molar-refractivity contribution >= 4 is 15.9 Å². The van der Waals surface area contributed by atoms with Gasteiger partial charge in [-0.1, -0.05) is 35.8 Å². The number of aromatic nitrogens is 2. The fraction of sp³-hybridized carbons (Fsp3) is 0.400. The molecule has 0 aliphatic heterocycles. The smallest absolute Gasteiger partial charge is 0.0997 e. The van der Waals surface area contributed by atoms with E-state index in [0.717, 1.165) is 22.4 Å². The van der Waals surface area contributed by atoms with Crippen LogP contribution in [0.2, 0.25) is 0 Å². The number of benzene rings is 1. The van der Waals surface area contributed by atoms with E-state index in [1.807, 2.05) is 13.3 Å². The molecule has 0 aliphatic rings. The Morgan fingerprint density at radius 1 is 1.32 bits per heavy atom. The molecule has 1 aromatic carbocycles. The highest BCUT2D eigenvalue weighted by Crippen LogP contribution is 2.22. The van der Waals surface area contributed by atoms with E-state index in [2.05, 4.69) is 69.8 Å². The second kappa shape index (κ2) is 5.88. The summed E-state index contributed by atoms with van der Waals surface area (Å²) in [7, 11) is 0. The summed E-state index contributed by atoms with van der Waals surface area (Å²) in [5.41, 5.74) is 4.66. The lowest BCUT2D eigenvalue weighted by Crippen LogP contribution is -2.22. The van der Waals surface area contributed by atoms with Gasteiger partial charge in [0.1, 0.15) is 0 Å². The molecule has 0 bridgehead atoms. The van der Waals surface area contributed by atoms with Gasteiger partial charge in [0.15, 0.2) is 0 Å². The van der Waals surface area contributed by atoms with Gasteiger partial charge in [0.2, 0.25) is 0 Å². The molecule has 1 aromatic heterocycles. The van der Waals surface area contributed by atoms with E-state index in [1.165, 1.54) is 11.3 Å². The molecular weight excluding hydrogens is 302 g/mol. The summed E-state index contributed by atoms with van der Waals surface area (Å²) in [6, 6.07) is 6.93. The van der Waals surface area contributed by atoms with Gasteiger partial charge in [-0.15, -0.1) is 0 Å². The number of imidazole rings is 1. The minimum atomic E-state index is 0.491. The van der Waals surface area contributed by atoms with Crippen LogP contribution in [0.3, 0.4) is 0 Å². The third-order valence-electron chi connectivity index (χ3n) is 3.27. The fourth-order valence-corrected chi connectivity index (χ4v) is 2.41. The van der Waals surface area contributed by atoms with Crippen molar-refractivity contribution in [1.29, 1.82) is 0 Å². The van der Waals surface area contributed by atoms with E-state index in [4.69, 9.17) is 0 Å². The normalized spacial score (nSPS) is 11.3. The third kappa shape index (κ3) is 3.25. The lowest BCUT2D eigenvalue weighted by molar-refractivity contribution is 0.588. The van der Waals surface area contributed by atoms with Crippen LogP contribution in [0, 0.1) is 13.8 Å². The minimum Gasteiger partial charge on any atom is -0.310 e. The van der Waals surface area contributed by atoms with Gasteiger partial charge in [-0.2, -0.15) is 0 Å². The summed E-state index contributed by atoms with van der Waals surface area (Å²) in [5, 5.41) is 3.43. The van der Waals surface area contributed by atoms with E-state index < -0.39 is 0 Å². The topological polar surface area (TPSA) is 29.9 Å². The number of aryl methyl sites for hydroxylation is 1. The van der Waals surface area contributed by atoms with Crippen molar-refractivity contribution in [2.45, 2.75) is 40.3 Å². The van der Waals surface area contributed by atoms with Crippen molar-refractivity contribution in [3.63, 3.8) is 0 Å². The van der Waals surface area contributed by atoms with Gasteiger partial charge >= 0.3 is 0 Å². The summed E-state index contributed by atoms with van der Waals surface area (Å²) in [6.45, 7) is 9.30. The first-order valence-electron chi connectivity index (χ1n) is 6.51. The molecule has 0 saturated heterocycles. The predicted molar refractivity (Wildman–Crippen MR) is 82.7 cm³/mol. The van der Waals surface area contributed by atoms with Crippen molar-refractivity contribution in [2.75, 3.05) is 0 Å². The highest BCUT2D eigenvalue weighted by atomic mass is 79.9. The Bertz CT molecular complexity index is 573. The number of rotatable bonds is 4. The lowest BCUT2D eigenvalue weighted by Gasteiger charge is -2.12. The van der Waals surface area contributed by atoms with Crippen LogP contribution in [-0.4, -0.2) is 15.6 Å². The lowest BCUT2D eigenvalue weighted by atomic mass is 10.2. The SMILES string of the molecule is Cc1ncn(-c2ccc(CNC(C)C)c(Br)c2)c1C. The van der Waals surface area contributed by atoms with Gasteiger partial charge in [0.05, 0.1) is 12.0 Å². The van der Waals surface area contributed by atoms with E-state index in [1.54, 1.807) is 0 Å². The average molecular weight is 322 g/mol. The van der Waals surface area contributed by atoms with Crippen molar-refractivity contribution in [3.05, 3.63) is 46.0 Å². The van der Waals surface area contributed by atoms with Crippen molar-refractivity contribution < 1.29 is 0 Å². The second-order valence-corrected chi connectivity index (χ2v) is 5.95. The summed E-state index contributed by atoms with van der Waals surface area (Å²) >= 11 is 3.65. The van der Waals surface area contributed by atoms with Crippen LogP contribution in [0.15, 0.2) is 29.0 Å². The highest BCUT2D eigenvalue weighted by molar-refractivity contribution is 9.10. The molecule has 19 heavy (non-hydrogen) atoms. The molecule has 1 N–H and O–H groups in total. The number of halogens is 1. The Labute approximate surface area is 123 Å². The van der Waals surface area contributed by atoms with Crippen molar-refractivity contribution in [2.24, 2.45) is 0 Å².